The molecular formula is C23H29N5O5. The number of benzene rings is 1. The molecule has 2 aromatic rings. The van der Waals surface area contributed by atoms with Gasteiger partial charge in [-0.25, -0.2) is 0 Å². The van der Waals surface area contributed by atoms with Gasteiger partial charge in [0.1, 0.15) is 17.3 Å². The monoisotopic (exact) mass is 455 g/mol. The highest BCUT2D eigenvalue weighted by Crippen LogP contribution is 2.34. The number of aromatic amines is 1. The molecule has 1 aromatic carbocycles. The molecule has 10 nitrogen and oxygen atoms in total. The van der Waals surface area contributed by atoms with Gasteiger partial charge in [-0.15, -0.1) is 0 Å². The summed E-state index contributed by atoms with van der Waals surface area (Å²) >= 11 is 0. The number of H-pyrrole nitrogens is 1. The van der Waals surface area contributed by atoms with E-state index in [2.05, 4.69) is 39.3 Å². The van der Waals surface area contributed by atoms with Crippen molar-refractivity contribution in [2.24, 2.45) is 0 Å². The molecule has 3 N–H and O–H groups in total. The molecule has 0 aliphatic carbocycles. The van der Waals surface area contributed by atoms with Crippen molar-refractivity contribution in [3.63, 3.8) is 0 Å². The molecule has 2 aliphatic heterocycles. The normalized spacial score (nSPS) is 22.2. The summed E-state index contributed by atoms with van der Waals surface area (Å²) in [6.07, 6.45) is 2.94. The molecule has 1 saturated heterocycles. The predicted molar refractivity (Wildman–Crippen MR) is 124 cm³/mol. The minimum atomic E-state index is -0.984. The smallest absolute Gasteiger partial charge is 0.258 e. The lowest BCUT2D eigenvalue weighted by Gasteiger charge is -2.39. The second-order valence-electron chi connectivity index (χ2n) is 8.55. The van der Waals surface area contributed by atoms with Crippen molar-refractivity contribution in [3.8, 4) is 11.5 Å². The zero-order valence-electron chi connectivity index (χ0n) is 19.2. The number of hydrogen-bond donors (Lipinski definition) is 3. The number of carbonyl (C=O) groups excluding carboxylic acids is 2. The molecule has 176 valence electrons. The van der Waals surface area contributed by atoms with Crippen molar-refractivity contribution in [2.45, 2.75) is 57.5 Å². The van der Waals surface area contributed by atoms with Crippen LogP contribution in [0.5, 0.6) is 11.5 Å². The fourth-order valence-electron chi connectivity index (χ4n) is 4.67. The lowest BCUT2D eigenvalue weighted by molar-refractivity contribution is -0.123. The minimum Gasteiger partial charge on any atom is -0.497 e. The summed E-state index contributed by atoms with van der Waals surface area (Å²) in [5.41, 5.74) is 0.135. The van der Waals surface area contributed by atoms with Crippen molar-refractivity contribution in [1.82, 2.24) is 9.97 Å². The van der Waals surface area contributed by atoms with Gasteiger partial charge >= 0.3 is 0 Å². The Hall–Kier alpha value is -3.56. The number of ether oxygens (including phenoxy) is 2. The highest BCUT2D eigenvalue weighted by Gasteiger charge is 2.36. The average Bonchev–Trinajstić information content (AvgIpc) is 2.78. The van der Waals surface area contributed by atoms with E-state index in [1.807, 2.05) is 0 Å². The van der Waals surface area contributed by atoms with Crippen LogP contribution in [0.25, 0.3) is 0 Å². The number of carbonyl (C=O) groups is 2. The Balaban J connectivity index is 1.67. The molecule has 1 fully saturated rings. The molecular weight excluding hydrogens is 426 g/mol. The van der Waals surface area contributed by atoms with E-state index in [-0.39, 0.29) is 35.8 Å². The molecule has 0 radical (unpaired) electrons. The number of nitrogens with one attached hydrogen (secondary N) is 3. The quantitative estimate of drug-likeness (QED) is 0.633. The number of nitrogens with zero attached hydrogens (tertiary/aromatic N) is 2. The largest absolute Gasteiger partial charge is 0.497 e. The van der Waals surface area contributed by atoms with Crippen molar-refractivity contribution >= 4 is 29.3 Å². The second kappa shape index (κ2) is 9.13. The van der Waals surface area contributed by atoms with E-state index in [1.54, 1.807) is 18.2 Å². The average molecular weight is 456 g/mol. The number of rotatable bonds is 5. The molecule has 10 heteroatoms. The van der Waals surface area contributed by atoms with Crippen molar-refractivity contribution in [1.29, 1.82) is 0 Å². The van der Waals surface area contributed by atoms with E-state index in [0.29, 0.717) is 23.1 Å². The zero-order valence-corrected chi connectivity index (χ0v) is 19.2. The Morgan fingerprint density at radius 1 is 1.15 bits per heavy atom. The molecule has 0 bridgehead atoms. The van der Waals surface area contributed by atoms with Crippen LogP contribution in [0.4, 0.5) is 17.5 Å². The zero-order chi connectivity index (χ0) is 23.7. The number of fused-ring (bicyclic) bond motifs is 1. The van der Waals surface area contributed by atoms with E-state index in [4.69, 9.17) is 9.47 Å². The Morgan fingerprint density at radius 3 is 2.55 bits per heavy atom. The summed E-state index contributed by atoms with van der Waals surface area (Å²) < 4.78 is 10.5. The fourth-order valence-corrected chi connectivity index (χ4v) is 4.67. The van der Waals surface area contributed by atoms with E-state index in [1.165, 1.54) is 14.2 Å². The Morgan fingerprint density at radius 2 is 1.88 bits per heavy atom. The van der Waals surface area contributed by atoms with Crippen LogP contribution < -0.4 is 30.6 Å². The lowest BCUT2D eigenvalue weighted by atomic mass is 9.92. The van der Waals surface area contributed by atoms with Gasteiger partial charge in [-0.05, 0) is 45.2 Å². The first-order valence-electron chi connectivity index (χ1n) is 11.1. The molecule has 0 saturated carbocycles. The summed E-state index contributed by atoms with van der Waals surface area (Å²) in [6, 6.07) is 5.37. The summed E-state index contributed by atoms with van der Waals surface area (Å²) in [7, 11) is 3.01. The van der Waals surface area contributed by atoms with E-state index in [9.17, 15) is 14.4 Å². The Bertz CT molecular complexity index is 1120. The van der Waals surface area contributed by atoms with Crippen LogP contribution >= 0.6 is 0 Å². The van der Waals surface area contributed by atoms with Crippen LogP contribution in [0.15, 0.2) is 23.0 Å². The summed E-state index contributed by atoms with van der Waals surface area (Å²) in [5, 5.41) is 5.45. The maximum Gasteiger partial charge on any atom is 0.258 e. The van der Waals surface area contributed by atoms with Crippen LogP contribution in [0.2, 0.25) is 0 Å². The van der Waals surface area contributed by atoms with Gasteiger partial charge in [-0.1, -0.05) is 0 Å². The van der Waals surface area contributed by atoms with Gasteiger partial charge in [-0.2, -0.15) is 4.98 Å². The number of aromatic nitrogens is 2. The van der Waals surface area contributed by atoms with Crippen LogP contribution in [0, 0.1) is 0 Å². The SMILES string of the molecule is COc1ccc(NC(=O)C2CC(=O)Nc3nc(N4C(C)CCCC4C)[nH]c(=O)c32)c(OC)c1. The van der Waals surface area contributed by atoms with Crippen molar-refractivity contribution in [2.75, 3.05) is 29.8 Å². The summed E-state index contributed by atoms with van der Waals surface area (Å²) in [6.45, 7) is 4.18. The second-order valence-corrected chi connectivity index (χ2v) is 8.55. The van der Waals surface area contributed by atoms with Gasteiger partial charge in [0.2, 0.25) is 17.8 Å². The van der Waals surface area contributed by atoms with Gasteiger partial charge in [0, 0.05) is 24.6 Å². The Labute approximate surface area is 191 Å². The third kappa shape index (κ3) is 4.37. The predicted octanol–water partition coefficient (Wildman–Crippen LogP) is 2.62. The number of hydrogen-bond acceptors (Lipinski definition) is 7. The van der Waals surface area contributed by atoms with Gasteiger partial charge in [-0.3, -0.25) is 19.4 Å². The van der Waals surface area contributed by atoms with Gasteiger partial charge in [0.05, 0.1) is 31.4 Å². The number of amides is 2. The topological polar surface area (TPSA) is 126 Å². The molecule has 1 aromatic heterocycles. The van der Waals surface area contributed by atoms with Crippen LogP contribution in [0.1, 0.15) is 51.0 Å². The molecule has 2 aliphatic rings. The molecule has 3 heterocycles. The maximum atomic E-state index is 13.2. The molecule has 2 amide bonds. The minimum absolute atomic E-state index is 0.136. The summed E-state index contributed by atoms with van der Waals surface area (Å²) in [4.78, 5) is 48.2. The van der Waals surface area contributed by atoms with Crippen molar-refractivity contribution < 1.29 is 19.1 Å². The molecule has 0 spiro atoms. The first kappa shape index (κ1) is 22.6. The van der Waals surface area contributed by atoms with Crippen molar-refractivity contribution in [3.05, 3.63) is 34.1 Å². The molecule has 4 rings (SSSR count). The first-order valence-corrected chi connectivity index (χ1v) is 11.1. The third-order valence-electron chi connectivity index (χ3n) is 6.36. The van der Waals surface area contributed by atoms with Crippen LogP contribution in [-0.2, 0) is 9.59 Å². The highest BCUT2D eigenvalue weighted by atomic mass is 16.5. The first-order chi connectivity index (χ1) is 15.8. The highest BCUT2D eigenvalue weighted by molar-refractivity contribution is 6.05. The van der Waals surface area contributed by atoms with Crippen LogP contribution in [0.3, 0.4) is 0 Å². The van der Waals surface area contributed by atoms with E-state index in [0.717, 1.165) is 19.3 Å². The fraction of sp³-hybridized carbons (Fsp3) is 0.478. The summed E-state index contributed by atoms with van der Waals surface area (Å²) in [5.74, 6) is -0.321. The van der Waals surface area contributed by atoms with Crippen LogP contribution in [-0.4, -0.2) is 48.1 Å². The number of piperidine rings is 1. The third-order valence-corrected chi connectivity index (χ3v) is 6.36. The standard InChI is InChI=1S/C23H29N5O5/c1-12-6-5-7-13(2)28(12)23-26-20-19(22(31)27-23)15(11-18(29)25-20)21(30)24-16-9-8-14(32-3)10-17(16)33-4/h8-10,12-13,15H,5-7,11H2,1-4H3,(H,24,30)(H2,25,26,27,29,31). The molecule has 3 atom stereocenters. The number of anilines is 3. The lowest BCUT2D eigenvalue weighted by Crippen LogP contribution is -2.46. The maximum absolute atomic E-state index is 13.2. The van der Waals surface area contributed by atoms with Gasteiger partial charge in [0.15, 0.2) is 0 Å². The van der Waals surface area contributed by atoms with E-state index < -0.39 is 17.4 Å². The molecule has 3 unspecified atom stereocenters. The van der Waals surface area contributed by atoms with Gasteiger partial charge in [0.25, 0.3) is 5.56 Å². The van der Waals surface area contributed by atoms with E-state index >= 15 is 0 Å². The number of methoxy groups -OCH3 is 2. The van der Waals surface area contributed by atoms with Gasteiger partial charge < -0.3 is 25.0 Å². The molecule has 33 heavy (non-hydrogen) atoms. The Kier molecular flexibility index (Phi) is 6.26.